The lowest BCUT2D eigenvalue weighted by Crippen LogP contribution is -2.16. The van der Waals surface area contributed by atoms with Gasteiger partial charge in [0.2, 0.25) is 5.75 Å². The van der Waals surface area contributed by atoms with Crippen LogP contribution in [0, 0.1) is 6.92 Å². The van der Waals surface area contributed by atoms with Crippen LogP contribution in [0.15, 0.2) is 35.4 Å². The number of carbonyl (C=O) groups excluding carboxylic acids is 1. The number of hydrazone groups is 1. The van der Waals surface area contributed by atoms with Gasteiger partial charge in [-0.15, -0.1) is 11.3 Å². The van der Waals surface area contributed by atoms with Crippen LogP contribution in [0.1, 0.15) is 20.8 Å². The Bertz CT molecular complexity index is 1020. The third kappa shape index (κ3) is 3.84. The van der Waals surface area contributed by atoms with Gasteiger partial charge in [0.25, 0.3) is 5.91 Å². The van der Waals surface area contributed by atoms with E-state index in [4.69, 9.17) is 21.1 Å². The zero-order chi connectivity index (χ0) is 19.6. The van der Waals surface area contributed by atoms with Crippen LogP contribution in [0.25, 0.3) is 10.1 Å². The highest BCUT2D eigenvalue weighted by molar-refractivity contribution is 7.21. The van der Waals surface area contributed by atoms with Crippen molar-refractivity contribution in [3.63, 3.8) is 0 Å². The summed E-state index contributed by atoms with van der Waals surface area (Å²) in [6, 6.07) is 8.98. The van der Waals surface area contributed by atoms with Crippen molar-refractivity contribution < 1.29 is 19.4 Å². The van der Waals surface area contributed by atoms with Gasteiger partial charge in [-0.2, -0.15) is 5.10 Å². The largest absolute Gasteiger partial charge is 0.502 e. The van der Waals surface area contributed by atoms with Crippen molar-refractivity contribution in [1.82, 2.24) is 5.43 Å². The van der Waals surface area contributed by atoms with E-state index in [0.29, 0.717) is 15.5 Å². The minimum atomic E-state index is -0.396. The third-order valence-electron chi connectivity index (χ3n) is 3.87. The van der Waals surface area contributed by atoms with Crippen LogP contribution < -0.4 is 14.9 Å². The van der Waals surface area contributed by atoms with Crippen LogP contribution >= 0.6 is 22.9 Å². The number of benzene rings is 2. The molecule has 0 saturated carbocycles. The van der Waals surface area contributed by atoms with Gasteiger partial charge in [0.1, 0.15) is 4.88 Å². The summed E-state index contributed by atoms with van der Waals surface area (Å²) >= 11 is 7.65. The number of amides is 1. The number of nitrogens with one attached hydrogen (secondary N) is 1. The maximum absolute atomic E-state index is 12.4. The Balaban J connectivity index is 1.81. The molecule has 2 N–H and O–H groups in total. The minimum Gasteiger partial charge on any atom is -0.502 e. The van der Waals surface area contributed by atoms with E-state index in [1.54, 1.807) is 12.1 Å². The number of aromatic hydroxyl groups is 1. The molecule has 6 nitrogen and oxygen atoms in total. The Labute approximate surface area is 165 Å². The Kier molecular flexibility index (Phi) is 5.53. The van der Waals surface area contributed by atoms with Gasteiger partial charge in [0.05, 0.1) is 25.5 Å². The summed E-state index contributed by atoms with van der Waals surface area (Å²) in [6.45, 7) is 1.98. The smallest absolute Gasteiger partial charge is 0.283 e. The molecular weight excluding hydrogens is 388 g/mol. The molecule has 140 valence electrons. The second kappa shape index (κ2) is 7.85. The number of ether oxygens (including phenoxy) is 2. The number of fused-ring (bicyclic) bond motifs is 1. The first-order chi connectivity index (χ1) is 12.9. The van der Waals surface area contributed by atoms with Crippen molar-refractivity contribution in [2.75, 3.05) is 14.2 Å². The third-order valence-corrected chi connectivity index (χ3v) is 5.53. The van der Waals surface area contributed by atoms with Gasteiger partial charge < -0.3 is 14.6 Å². The normalized spacial score (nSPS) is 11.1. The van der Waals surface area contributed by atoms with Crippen LogP contribution in [0.3, 0.4) is 0 Å². The molecule has 1 aromatic heterocycles. The minimum absolute atomic E-state index is 0.103. The van der Waals surface area contributed by atoms with Crippen LogP contribution in [0.2, 0.25) is 5.02 Å². The predicted molar refractivity (Wildman–Crippen MR) is 108 cm³/mol. The molecule has 0 saturated heterocycles. The average Bonchev–Trinajstić information content (AvgIpc) is 2.98. The quantitative estimate of drug-likeness (QED) is 0.489. The Morgan fingerprint density at radius 1 is 1.22 bits per heavy atom. The molecule has 0 bridgehead atoms. The summed E-state index contributed by atoms with van der Waals surface area (Å²) in [7, 11) is 2.87. The molecule has 0 atom stereocenters. The van der Waals surface area contributed by atoms with Crippen molar-refractivity contribution >= 4 is 45.1 Å². The van der Waals surface area contributed by atoms with Crippen molar-refractivity contribution in [1.29, 1.82) is 0 Å². The summed E-state index contributed by atoms with van der Waals surface area (Å²) in [5.41, 5.74) is 4.15. The fourth-order valence-electron chi connectivity index (χ4n) is 2.52. The van der Waals surface area contributed by atoms with Gasteiger partial charge in [-0.1, -0.05) is 23.7 Å². The highest BCUT2D eigenvalue weighted by Crippen LogP contribution is 2.37. The zero-order valence-corrected chi connectivity index (χ0v) is 16.4. The Hall–Kier alpha value is -2.77. The average molecular weight is 405 g/mol. The van der Waals surface area contributed by atoms with E-state index in [0.717, 1.165) is 15.6 Å². The van der Waals surface area contributed by atoms with E-state index in [1.807, 2.05) is 25.1 Å². The molecule has 1 amide bonds. The maximum Gasteiger partial charge on any atom is 0.283 e. The second-order valence-electron chi connectivity index (χ2n) is 5.72. The Morgan fingerprint density at radius 3 is 2.52 bits per heavy atom. The molecule has 0 aliphatic heterocycles. The summed E-state index contributed by atoms with van der Waals surface area (Å²) in [5.74, 6) is -0.0172. The topological polar surface area (TPSA) is 80.2 Å². The summed E-state index contributed by atoms with van der Waals surface area (Å²) < 4.78 is 11.1. The van der Waals surface area contributed by atoms with Crippen LogP contribution in [-0.4, -0.2) is 31.4 Å². The molecule has 0 aliphatic rings. The number of methoxy groups -OCH3 is 2. The number of thiophene rings is 1. The number of aryl methyl sites for hydroxylation is 1. The van der Waals surface area contributed by atoms with Gasteiger partial charge in [-0.25, -0.2) is 5.43 Å². The first kappa shape index (κ1) is 19.0. The zero-order valence-electron chi connectivity index (χ0n) is 14.9. The fourth-order valence-corrected chi connectivity index (χ4v) is 4.03. The molecule has 1 heterocycles. The summed E-state index contributed by atoms with van der Waals surface area (Å²) in [4.78, 5) is 12.8. The number of halogens is 1. The van der Waals surface area contributed by atoms with Crippen molar-refractivity contribution in [3.05, 3.63) is 51.4 Å². The SMILES string of the molecule is COc1cc(/C=N\NC(=O)c2sc3cc(C)ccc3c2Cl)cc(OC)c1O. The molecule has 0 aliphatic carbocycles. The highest BCUT2D eigenvalue weighted by Gasteiger charge is 2.17. The molecular formula is C19H17ClN2O4S. The van der Waals surface area contributed by atoms with Gasteiger partial charge >= 0.3 is 0 Å². The monoisotopic (exact) mass is 404 g/mol. The van der Waals surface area contributed by atoms with E-state index < -0.39 is 5.91 Å². The van der Waals surface area contributed by atoms with Gasteiger partial charge in [-0.3, -0.25) is 4.79 Å². The summed E-state index contributed by atoms with van der Waals surface area (Å²) in [5, 5.41) is 15.1. The second-order valence-corrected chi connectivity index (χ2v) is 7.15. The van der Waals surface area contributed by atoms with E-state index >= 15 is 0 Å². The predicted octanol–water partition coefficient (Wildman–Crippen LogP) is 4.35. The summed E-state index contributed by atoms with van der Waals surface area (Å²) in [6.07, 6.45) is 1.42. The van der Waals surface area contributed by atoms with E-state index in [-0.39, 0.29) is 17.2 Å². The van der Waals surface area contributed by atoms with Crippen LogP contribution in [0.4, 0.5) is 0 Å². The number of hydrogen-bond donors (Lipinski definition) is 2. The lowest BCUT2D eigenvalue weighted by Gasteiger charge is -2.09. The first-order valence-electron chi connectivity index (χ1n) is 7.91. The fraction of sp³-hybridized carbons (Fsp3) is 0.158. The van der Waals surface area contributed by atoms with Crippen molar-refractivity contribution in [2.45, 2.75) is 6.92 Å². The molecule has 8 heteroatoms. The van der Waals surface area contributed by atoms with Crippen molar-refractivity contribution in [3.8, 4) is 17.2 Å². The van der Waals surface area contributed by atoms with Gasteiger partial charge in [-0.05, 0) is 30.7 Å². The van der Waals surface area contributed by atoms with Crippen molar-refractivity contribution in [2.24, 2.45) is 5.10 Å². The number of phenolic OH excluding ortho intramolecular Hbond substituents is 1. The molecule has 0 fully saturated rings. The molecule has 3 aromatic rings. The molecule has 0 unspecified atom stereocenters. The highest BCUT2D eigenvalue weighted by atomic mass is 35.5. The van der Waals surface area contributed by atoms with E-state index in [2.05, 4.69) is 10.5 Å². The van der Waals surface area contributed by atoms with Crippen LogP contribution in [0.5, 0.6) is 17.2 Å². The lowest BCUT2D eigenvalue weighted by atomic mass is 10.2. The van der Waals surface area contributed by atoms with Gasteiger partial charge in [0.15, 0.2) is 11.5 Å². The number of phenols is 1. The molecule has 2 aromatic carbocycles. The first-order valence-corrected chi connectivity index (χ1v) is 9.11. The van der Waals surface area contributed by atoms with Crippen LogP contribution in [-0.2, 0) is 0 Å². The number of hydrogen-bond acceptors (Lipinski definition) is 6. The maximum atomic E-state index is 12.4. The molecule has 0 radical (unpaired) electrons. The number of carbonyl (C=O) groups is 1. The van der Waals surface area contributed by atoms with Gasteiger partial charge in [0, 0.05) is 15.6 Å². The Morgan fingerprint density at radius 2 is 1.89 bits per heavy atom. The molecule has 0 spiro atoms. The van der Waals surface area contributed by atoms with E-state index in [9.17, 15) is 9.90 Å². The van der Waals surface area contributed by atoms with E-state index in [1.165, 1.54) is 31.8 Å². The standard InChI is InChI=1S/C19H17ClN2O4S/c1-10-4-5-12-15(6-10)27-18(16(12)20)19(24)22-21-9-11-7-13(25-2)17(23)14(8-11)26-3/h4-9,23H,1-3H3,(H,22,24)/b21-9-. The molecule has 3 rings (SSSR count). The lowest BCUT2D eigenvalue weighted by molar-refractivity contribution is 0.0959. The number of nitrogens with zero attached hydrogens (tertiary/aromatic N) is 1. The number of rotatable bonds is 5. The molecule has 27 heavy (non-hydrogen) atoms.